The lowest BCUT2D eigenvalue weighted by molar-refractivity contribution is -0.134. The zero-order chi connectivity index (χ0) is 16.6. The minimum Gasteiger partial charge on any atom is -0.496 e. The second-order valence-electron chi connectivity index (χ2n) is 6.75. The molecule has 124 valence electrons. The largest absolute Gasteiger partial charge is 0.496 e. The van der Waals surface area contributed by atoms with E-state index in [1.807, 2.05) is 25.1 Å². The van der Waals surface area contributed by atoms with Crippen LogP contribution >= 0.6 is 0 Å². The van der Waals surface area contributed by atoms with Crippen LogP contribution in [0.15, 0.2) is 18.2 Å². The van der Waals surface area contributed by atoms with Crippen molar-refractivity contribution in [2.75, 3.05) is 7.11 Å². The SMILES string of the molecule is COc1ccc(C)cc1CN1C(=O)N[C@]2(CCCC[C@@H]2C)C1=O. The monoisotopic (exact) mass is 316 g/mol. The molecule has 0 bridgehead atoms. The van der Waals surface area contributed by atoms with Gasteiger partial charge in [0.25, 0.3) is 5.91 Å². The molecule has 1 aromatic rings. The number of amides is 3. The fourth-order valence-electron chi connectivity index (χ4n) is 3.84. The van der Waals surface area contributed by atoms with E-state index in [-0.39, 0.29) is 24.4 Å². The lowest BCUT2D eigenvalue weighted by atomic mass is 9.73. The first-order chi connectivity index (χ1) is 11.0. The van der Waals surface area contributed by atoms with Gasteiger partial charge in [0.15, 0.2) is 0 Å². The third-order valence-electron chi connectivity index (χ3n) is 5.27. The molecule has 1 spiro atoms. The van der Waals surface area contributed by atoms with Gasteiger partial charge < -0.3 is 10.1 Å². The number of rotatable bonds is 3. The van der Waals surface area contributed by atoms with E-state index in [2.05, 4.69) is 12.2 Å². The van der Waals surface area contributed by atoms with Crippen molar-refractivity contribution in [2.24, 2.45) is 5.92 Å². The molecule has 0 aromatic heterocycles. The number of carbonyl (C=O) groups is 2. The maximum Gasteiger partial charge on any atom is 0.325 e. The number of nitrogens with one attached hydrogen (secondary N) is 1. The molecule has 1 saturated heterocycles. The summed E-state index contributed by atoms with van der Waals surface area (Å²) in [6.45, 7) is 4.30. The summed E-state index contributed by atoms with van der Waals surface area (Å²) in [4.78, 5) is 26.8. The van der Waals surface area contributed by atoms with E-state index in [0.29, 0.717) is 5.75 Å². The topological polar surface area (TPSA) is 58.6 Å². The number of ether oxygens (including phenoxy) is 1. The normalized spacial score (nSPS) is 27.4. The Hall–Kier alpha value is -2.04. The molecule has 1 heterocycles. The molecule has 1 saturated carbocycles. The van der Waals surface area contributed by atoms with Crippen molar-refractivity contribution >= 4 is 11.9 Å². The molecule has 1 N–H and O–H groups in total. The fourth-order valence-corrected chi connectivity index (χ4v) is 3.84. The Bertz CT molecular complexity index is 643. The van der Waals surface area contributed by atoms with Crippen LogP contribution in [0.2, 0.25) is 0 Å². The molecule has 0 radical (unpaired) electrons. The molecule has 2 atom stereocenters. The van der Waals surface area contributed by atoms with Gasteiger partial charge in [-0.05, 0) is 31.7 Å². The summed E-state index contributed by atoms with van der Waals surface area (Å²) in [7, 11) is 1.60. The predicted molar refractivity (Wildman–Crippen MR) is 87.2 cm³/mol. The number of methoxy groups -OCH3 is 1. The second kappa shape index (κ2) is 5.87. The van der Waals surface area contributed by atoms with Crippen LogP contribution in [0.5, 0.6) is 5.75 Å². The van der Waals surface area contributed by atoms with E-state index in [4.69, 9.17) is 4.74 Å². The van der Waals surface area contributed by atoms with Crippen molar-refractivity contribution in [2.45, 2.75) is 51.6 Å². The van der Waals surface area contributed by atoms with E-state index in [1.165, 1.54) is 4.90 Å². The highest BCUT2D eigenvalue weighted by atomic mass is 16.5. The van der Waals surface area contributed by atoms with Crippen molar-refractivity contribution < 1.29 is 14.3 Å². The molecule has 1 aromatic carbocycles. The first kappa shape index (κ1) is 15.8. The first-order valence-corrected chi connectivity index (χ1v) is 8.25. The van der Waals surface area contributed by atoms with Crippen LogP contribution in [0, 0.1) is 12.8 Å². The van der Waals surface area contributed by atoms with E-state index < -0.39 is 5.54 Å². The highest BCUT2D eigenvalue weighted by Crippen LogP contribution is 2.39. The van der Waals surface area contributed by atoms with E-state index in [0.717, 1.165) is 36.8 Å². The Labute approximate surface area is 137 Å². The molecule has 2 aliphatic rings. The molecule has 5 heteroatoms. The Balaban J connectivity index is 1.88. The van der Waals surface area contributed by atoms with Crippen molar-refractivity contribution in [1.29, 1.82) is 0 Å². The molecule has 3 rings (SSSR count). The van der Waals surface area contributed by atoms with E-state index in [9.17, 15) is 9.59 Å². The van der Waals surface area contributed by atoms with Crippen LogP contribution in [0.3, 0.4) is 0 Å². The standard InChI is InChI=1S/C18H24N2O3/c1-12-7-8-15(23-3)14(10-12)11-20-16(21)18(19-17(20)22)9-5-4-6-13(18)2/h7-8,10,13H,4-6,9,11H2,1-3H3,(H,19,22)/t13-,18-/m0/s1. The molecule has 5 nitrogen and oxygen atoms in total. The van der Waals surface area contributed by atoms with Gasteiger partial charge in [0.05, 0.1) is 13.7 Å². The van der Waals surface area contributed by atoms with E-state index >= 15 is 0 Å². The van der Waals surface area contributed by atoms with Gasteiger partial charge in [-0.3, -0.25) is 9.69 Å². The minimum atomic E-state index is -0.702. The number of urea groups is 1. The maximum absolute atomic E-state index is 13.0. The lowest BCUT2D eigenvalue weighted by Crippen LogP contribution is -2.53. The number of nitrogens with zero attached hydrogens (tertiary/aromatic N) is 1. The number of hydrogen-bond acceptors (Lipinski definition) is 3. The third-order valence-corrected chi connectivity index (χ3v) is 5.27. The molecule has 1 aliphatic carbocycles. The number of imide groups is 1. The number of aryl methyl sites for hydroxylation is 1. The van der Waals surface area contributed by atoms with Gasteiger partial charge in [-0.2, -0.15) is 0 Å². The predicted octanol–water partition coefficient (Wildman–Crippen LogP) is 3.00. The smallest absolute Gasteiger partial charge is 0.325 e. The number of benzene rings is 1. The third kappa shape index (κ3) is 2.58. The average molecular weight is 316 g/mol. The summed E-state index contributed by atoms with van der Waals surface area (Å²) in [6.07, 6.45) is 3.82. The maximum atomic E-state index is 13.0. The van der Waals surface area contributed by atoms with Gasteiger partial charge >= 0.3 is 6.03 Å². The Kier molecular flexibility index (Phi) is 4.04. The quantitative estimate of drug-likeness (QED) is 0.872. The molecular weight excluding hydrogens is 292 g/mol. The summed E-state index contributed by atoms with van der Waals surface area (Å²) >= 11 is 0. The number of carbonyl (C=O) groups excluding carboxylic acids is 2. The van der Waals surface area contributed by atoms with Crippen LogP contribution in [0.25, 0.3) is 0 Å². The number of hydrogen-bond donors (Lipinski definition) is 1. The summed E-state index contributed by atoms with van der Waals surface area (Å²) in [5.41, 5.74) is 1.23. The van der Waals surface area contributed by atoms with Crippen LogP contribution in [0.4, 0.5) is 4.79 Å². The van der Waals surface area contributed by atoms with Gasteiger partial charge in [-0.25, -0.2) is 4.79 Å². The van der Waals surface area contributed by atoms with Crippen molar-refractivity contribution in [3.05, 3.63) is 29.3 Å². The van der Waals surface area contributed by atoms with Crippen LogP contribution < -0.4 is 10.1 Å². The zero-order valence-electron chi connectivity index (χ0n) is 14.0. The molecule has 23 heavy (non-hydrogen) atoms. The summed E-state index contributed by atoms with van der Waals surface area (Å²) in [5, 5.41) is 2.99. The molecule has 2 fully saturated rings. The average Bonchev–Trinajstić information content (AvgIpc) is 2.76. The van der Waals surface area contributed by atoms with Crippen molar-refractivity contribution in [3.8, 4) is 5.75 Å². The van der Waals surface area contributed by atoms with Gasteiger partial charge in [0, 0.05) is 5.56 Å². The Morgan fingerprint density at radius 3 is 2.83 bits per heavy atom. The second-order valence-corrected chi connectivity index (χ2v) is 6.75. The Morgan fingerprint density at radius 1 is 1.35 bits per heavy atom. The fraction of sp³-hybridized carbons (Fsp3) is 0.556. The molecule has 1 aliphatic heterocycles. The van der Waals surface area contributed by atoms with Crippen molar-refractivity contribution in [3.63, 3.8) is 0 Å². The summed E-state index contributed by atoms with van der Waals surface area (Å²) < 4.78 is 5.37. The summed E-state index contributed by atoms with van der Waals surface area (Å²) in [6, 6.07) is 5.52. The van der Waals surface area contributed by atoms with Crippen LogP contribution in [-0.4, -0.2) is 29.5 Å². The molecular formula is C18H24N2O3. The van der Waals surface area contributed by atoms with Crippen molar-refractivity contribution in [1.82, 2.24) is 10.2 Å². The van der Waals surface area contributed by atoms with Gasteiger partial charge in [0.1, 0.15) is 11.3 Å². The molecule has 3 amide bonds. The molecule has 0 unspecified atom stereocenters. The van der Waals surface area contributed by atoms with Gasteiger partial charge in [0.2, 0.25) is 0 Å². The van der Waals surface area contributed by atoms with Gasteiger partial charge in [-0.1, -0.05) is 37.5 Å². The van der Waals surface area contributed by atoms with Crippen LogP contribution in [0.1, 0.15) is 43.7 Å². The van der Waals surface area contributed by atoms with Crippen LogP contribution in [-0.2, 0) is 11.3 Å². The highest BCUT2D eigenvalue weighted by molar-refractivity contribution is 6.07. The minimum absolute atomic E-state index is 0.0849. The zero-order valence-corrected chi connectivity index (χ0v) is 14.0. The van der Waals surface area contributed by atoms with Gasteiger partial charge in [-0.15, -0.1) is 0 Å². The summed E-state index contributed by atoms with van der Waals surface area (Å²) in [5.74, 6) is 0.796. The Morgan fingerprint density at radius 2 is 2.13 bits per heavy atom. The first-order valence-electron chi connectivity index (χ1n) is 8.25. The lowest BCUT2D eigenvalue weighted by Gasteiger charge is -2.36. The van der Waals surface area contributed by atoms with E-state index in [1.54, 1.807) is 7.11 Å². The highest BCUT2D eigenvalue weighted by Gasteiger charge is 2.54.